The number of Topliss-reactive ketones (excluding diaryl/α,β-unsaturated/α-hetero) is 2. The van der Waals surface area contributed by atoms with E-state index in [-0.39, 0.29) is 41.4 Å². The van der Waals surface area contributed by atoms with E-state index in [1.165, 1.54) is 38.1 Å². The van der Waals surface area contributed by atoms with Gasteiger partial charge >= 0.3 is 0 Å². The summed E-state index contributed by atoms with van der Waals surface area (Å²) in [7, 11) is 3.07. The number of nitrogens with two attached hydrogens (primary N) is 1. The van der Waals surface area contributed by atoms with Crippen LogP contribution in [0.15, 0.2) is 50.9 Å². The van der Waals surface area contributed by atoms with Crippen LogP contribution in [-0.2, 0) is 20.8 Å². The third-order valence-electron chi connectivity index (χ3n) is 8.54. The van der Waals surface area contributed by atoms with Crippen LogP contribution in [0.5, 0.6) is 5.75 Å². The number of ketones is 2. The summed E-state index contributed by atoms with van der Waals surface area (Å²) in [6.07, 6.45) is -0.0688. The maximum absolute atomic E-state index is 14.2. The number of carbonyl (C=O) groups is 3. The lowest BCUT2D eigenvalue weighted by Gasteiger charge is -2.59. The number of aliphatic hydroxyl groups excluding tert-OH is 2. The highest BCUT2D eigenvalue weighted by molar-refractivity contribution is 6.25. The SMILES string of the molecule is CN(C)[C@@H]1C(=O)C(C(N)=O)=C(O)[C@@]2(O)C(=O)C3=C(O)c4c(O)ccc(-c5ccc(NN=O)o5)c4C[C@@]3(C)C[C@@]12C. The van der Waals surface area contributed by atoms with E-state index in [2.05, 4.69) is 10.7 Å². The number of hydrogen-bond acceptors (Lipinski definition) is 11. The van der Waals surface area contributed by atoms with Crippen LogP contribution in [0.1, 0.15) is 31.4 Å². The van der Waals surface area contributed by atoms with E-state index in [0.29, 0.717) is 11.1 Å². The molecule has 7 N–H and O–H groups in total. The Morgan fingerprint density at radius 3 is 2.42 bits per heavy atom. The molecule has 1 saturated carbocycles. The number of hydrogen-bond donors (Lipinski definition) is 6. The Balaban J connectivity index is 1.80. The number of rotatable bonds is 5. The molecule has 1 heterocycles. The van der Waals surface area contributed by atoms with E-state index in [1.54, 1.807) is 19.1 Å². The summed E-state index contributed by atoms with van der Waals surface area (Å²) >= 11 is 0. The zero-order valence-corrected chi connectivity index (χ0v) is 22.1. The van der Waals surface area contributed by atoms with Crippen LogP contribution >= 0.6 is 0 Å². The minimum Gasteiger partial charge on any atom is -0.508 e. The Kier molecular flexibility index (Phi) is 5.76. The smallest absolute Gasteiger partial charge is 0.255 e. The van der Waals surface area contributed by atoms with Crippen LogP contribution in [0.25, 0.3) is 17.1 Å². The highest BCUT2D eigenvalue weighted by atomic mass is 16.4. The molecule has 1 aromatic heterocycles. The minimum absolute atomic E-state index is 0.0414. The van der Waals surface area contributed by atoms with Crippen molar-refractivity contribution < 1.29 is 39.2 Å². The van der Waals surface area contributed by atoms with Gasteiger partial charge in [-0.15, -0.1) is 4.91 Å². The molecule has 0 bridgehead atoms. The van der Waals surface area contributed by atoms with E-state index < -0.39 is 57.0 Å². The van der Waals surface area contributed by atoms with Gasteiger partial charge in [-0.2, -0.15) is 0 Å². The zero-order valence-electron chi connectivity index (χ0n) is 22.1. The number of nitroso groups, excluding NO2 is 1. The maximum atomic E-state index is 14.2. The molecule has 1 aromatic carbocycles. The lowest BCUT2D eigenvalue weighted by Crippen LogP contribution is -2.72. The first kappa shape index (κ1) is 27.1. The van der Waals surface area contributed by atoms with Crippen LogP contribution in [0.2, 0.25) is 0 Å². The van der Waals surface area contributed by atoms with Crippen molar-refractivity contribution in [1.82, 2.24) is 4.90 Å². The molecule has 1 amide bonds. The van der Waals surface area contributed by atoms with Gasteiger partial charge in [0.2, 0.25) is 11.7 Å². The van der Waals surface area contributed by atoms with Crippen molar-refractivity contribution >= 4 is 29.1 Å². The summed E-state index contributed by atoms with van der Waals surface area (Å²) in [5.74, 6) is -5.09. The average molecular weight is 553 g/mol. The number of furan rings is 1. The van der Waals surface area contributed by atoms with Crippen molar-refractivity contribution in [2.45, 2.75) is 38.3 Å². The van der Waals surface area contributed by atoms with Gasteiger partial charge in [-0.05, 0) is 50.7 Å². The minimum atomic E-state index is -2.79. The number of likely N-dealkylation sites (N-methyl/N-ethyl adjacent to an activating group) is 1. The van der Waals surface area contributed by atoms with Gasteiger partial charge in [0.25, 0.3) is 5.91 Å². The number of phenols is 1. The molecule has 4 atom stereocenters. The van der Waals surface area contributed by atoms with Gasteiger partial charge in [0.15, 0.2) is 11.4 Å². The first-order chi connectivity index (χ1) is 18.6. The van der Waals surface area contributed by atoms with Crippen LogP contribution in [0, 0.1) is 15.7 Å². The van der Waals surface area contributed by atoms with Gasteiger partial charge in [-0.1, -0.05) is 13.8 Å². The lowest BCUT2D eigenvalue weighted by molar-refractivity contribution is -0.175. The number of carbonyl (C=O) groups excluding carboxylic acids is 3. The third-order valence-corrected chi connectivity index (χ3v) is 8.54. The van der Waals surface area contributed by atoms with Gasteiger partial charge in [0, 0.05) is 28.0 Å². The Labute approximate surface area is 227 Å². The first-order valence-corrected chi connectivity index (χ1v) is 12.3. The molecule has 40 heavy (non-hydrogen) atoms. The second-order valence-electron chi connectivity index (χ2n) is 11.3. The molecule has 3 aliphatic carbocycles. The molecule has 2 aromatic rings. The summed E-state index contributed by atoms with van der Waals surface area (Å²) in [4.78, 5) is 52.0. The van der Waals surface area contributed by atoms with Crippen molar-refractivity contribution in [2.24, 2.45) is 21.8 Å². The van der Waals surface area contributed by atoms with Crippen LogP contribution in [0.4, 0.5) is 5.88 Å². The molecular formula is C27H28N4O9. The van der Waals surface area contributed by atoms with Gasteiger partial charge in [-0.25, -0.2) is 5.43 Å². The number of aromatic hydroxyl groups is 1. The summed E-state index contributed by atoms with van der Waals surface area (Å²) in [6, 6.07) is 4.61. The summed E-state index contributed by atoms with van der Waals surface area (Å²) in [5.41, 5.74) is 1.45. The topological polar surface area (TPSA) is 216 Å². The quantitative estimate of drug-likeness (QED) is 0.179. The van der Waals surface area contributed by atoms with E-state index in [9.17, 15) is 39.7 Å². The summed E-state index contributed by atoms with van der Waals surface area (Å²) < 4.78 is 5.65. The molecule has 210 valence electrons. The van der Waals surface area contributed by atoms with E-state index in [4.69, 9.17) is 10.2 Å². The number of anilines is 1. The molecule has 5 rings (SSSR count). The fourth-order valence-corrected chi connectivity index (χ4v) is 7.14. The third kappa shape index (κ3) is 3.24. The predicted octanol–water partition coefficient (Wildman–Crippen LogP) is 2.10. The highest BCUT2D eigenvalue weighted by Gasteiger charge is 2.72. The molecule has 0 unspecified atom stereocenters. The molecule has 13 nitrogen and oxygen atoms in total. The van der Waals surface area contributed by atoms with E-state index in [0.717, 1.165) is 0 Å². The number of nitrogens with zero attached hydrogens (tertiary/aromatic N) is 2. The molecule has 3 aliphatic rings. The summed E-state index contributed by atoms with van der Waals surface area (Å²) in [6.45, 7) is 3.14. The number of phenolic OH excluding ortho intramolecular Hbond substituents is 1. The number of benzene rings is 1. The Morgan fingerprint density at radius 1 is 1.15 bits per heavy atom. The number of fused-ring (bicyclic) bond motifs is 3. The number of amides is 1. The van der Waals surface area contributed by atoms with Crippen LogP contribution in [0.3, 0.4) is 0 Å². The standard InChI is InChI=1S/C27H28N4O9/c1-25-9-12-11(14-7-8-15(40-14)29-30-39)5-6-13(32)16(12)19(33)18(25)23(36)27(38)22(35)17(24(28)37)20(34)21(31(3)4)26(27,2)10-25/h5-8,21,32-33,35,38H,9-10H2,1-4H3,(H2,28,37)(H,29,39)/t21-,25+,26+,27-/m1/s1. The molecule has 0 saturated heterocycles. The second kappa shape index (κ2) is 8.50. The maximum Gasteiger partial charge on any atom is 0.255 e. The molecule has 0 spiro atoms. The lowest BCUT2D eigenvalue weighted by atomic mass is 9.46. The van der Waals surface area contributed by atoms with Crippen molar-refractivity contribution in [1.29, 1.82) is 0 Å². The average Bonchev–Trinajstić information content (AvgIpc) is 3.29. The van der Waals surface area contributed by atoms with Crippen molar-refractivity contribution in [3.8, 4) is 17.1 Å². The molecule has 0 radical (unpaired) electrons. The monoisotopic (exact) mass is 552 g/mol. The Bertz CT molecular complexity index is 1590. The normalized spacial score (nSPS) is 29.7. The molecule has 13 heteroatoms. The van der Waals surface area contributed by atoms with Gasteiger partial charge in [0.1, 0.15) is 28.6 Å². The first-order valence-electron chi connectivity index (χ1n) is 12.3. The van der Waals surface area contributed by atoms with Crippen molar-refractivity contribution in [2.75, 3.05) is 19.5 Å². The molecule has 0 aliphatic heterocycles. The zero-order chi connectivity index (χ0) is 29.5. The largest absolute Gasteiger partial charge is 0.508 e. The van der Waals surface area contributed by atoms with Crippen LogP contribution in [-0.4, -0.2) is 68.5 Å². The summed E-state index contributed by atoms with van der Waals surface area (Å²) in [5, 5.41) is 48.0. The molecule has 1 fully saturated rings. The fourth-order valence-electron chi connectivity index (χ4n) is 7.14. The van der Waals surface area contributed by atoms with Gasteiger partial charge < -0.3 is 30.6 Å². The van der Waals surface area contributed by atoms with Crippen molar-refractivity contribution in [3.63, 3.8) is 0 Å². The highest BCUT2D eigenvalue weighted by Crippen LogP contribution is 2.63. The number of primary amides is 1. The van der Waals surface area contributed by atoms with Crippen molar-refractivity contribution in [3.05, 3.63) is 57.2 Å². The Hall–Kier alpha value is -4.49. The molecular weight excluding hydrogens is 524 g/mol. The second-order valence-corrected chi connectivity index (χ2v) is 11.3. The fraction of sp³-hybridized carbons (Fsp3) is 0.370. The van der Waals surface area contributed by atoms with Crippen LogP contribution < -0.4 is 11.2 Å². The Morgan fingerprint density at radius 2 is 1.82 bits per heavy atom. The van der Waals surface area contributed by atoms with E-state index in [1.807, 2.05) is 0 Å². The van der Waals surface area contributed by atoms with Gasteiger partial charge in [0.05, 0.1) is 16.9 Å². The number of nitrogens with one attached hydrogen (secondary N) is 1. The van der Waals surface area contributed by atoms with E-state index >= 15 is 0 Å². The van der Waals surface area contributed by atoms with Gasteiger partial charge in [-0.3, -0.25) is 19.3 Å². The predicted molar refractivity (Wildman–Crippen MR) is 141 cm³/mol. The number of aliphatic hydroxyl groups is 3.